The highest BCUT2D eigenvalue weighted by molar-refractivity contribution is 7.91. The Bertz CT molecular complexity index is 1610. The summed E-state index contributed by atoms with van der Waals surface area (Å²) in [6.45, 7) is 2.56. The molecular formula is C22H18F5N3O3S2. The number of hydrogen-bond acceptors (Lipinski definition) is 5. The number of thiophene rings is 1. The zero-order chi connectivity index (χ0) is 25.9. The molecule has 0 aliphatic heterocycles. The van der Waals surface area contributed by atoms with Crippen LogP contribution in [0.3, 0.4) is 0 Å². The molecule has 13 heteroatoms. The molecule has 0 fully saturated rings. The summed E-state index contributed by atoms with van der Waals surface area (Å²) in [5.41, 5.74) is -2.41. The van der Waals surface area contributed by atoms with Gasteiger partial charge in [0.15, 0.2) is 15.7 Å². The maximum Gasteiger partial charge on any atom is 0.431 e. The highest BCUT2D eigenvalue weighted by Gasteiger charge is 2.36. The summed E-state index contributed by atoms with van der Waals surface area (Å²) < 4.78 is 95.8. The molecule has 35 heavy (non-hydrogen) atoms. The van der Waals surface area contributed by atoms with Crippen LogP contribution in [0.4, 0.5) is 22.0 Å². The Labute approximate surface area is 200 Å². The second-order valence-corrected chi connectivity index (χ2v) is 11.0. The van der Waals surface area contributed by atoms with Gasteiger partial charge in [-0.05, 0) is 36.8 Å². The van der Waals surface area contributed by atoms with Crippen LogP contribution in [0.25, 0.3) is 32.2 Å². The van der Waals surface area contributed by atoms with E-state index >= 15 is 0 Å². The van der Waals surface area contributed by atoms with E-state index in [2.05, 4.69) is 4.98 Å². The Morgan fingerprint density at radius 2 is 1.66 bits per heavy atom. The summed E-state index contributed by atoms with van der Waals surface area (Å²) in [5.74, 6) is -2.09. The summed E-state index contributed by atoms with van der Waals surface area (Å²) >= 11 is 0.853. The van der Waals surface area contributed by atoms with Gasteiger partial charge >= 0.3 is 6.18 Å². The molecule has 4 rings (SSSR count). The molecule has 0 atom stereocenters. The van der Waals surface area contributed by atoms with Gasteiger partial charge in [0.25, 0.3) is 5.56 Å². The molecule has 0 amide bonds. The maximum absolute atomic E-state index is 13.8. The van der Waals surface area contributed by atoms with Crippen LogP contribution in [0.5, 0.6) is 0 Å². The van der Waals surface area contributed by atoms with Crippen molar-refractivity contribution in [3.05, 3.63) is 58.0 Å². The van der Waals surface area contributed by atoms with Crippen LogP contribution < -0.4 is 5.56 Å². The van der Waals surface area contributed by atoms with Gasteiger partial charge in [-0.1, -0.05) is 6.92 Å². The molecule has 0 radical (unpaired) electrons. The summed E-state index contributed by atoms with van der Waals surface area (Å²) in [6.07, 6.45) is -4.81. The van der Waals surface area contributed by atoms with Gasteiger partial charge in [0.2, 0.25) is 0 Å². The lowest BCUT2D eigenvalue weighted by Gasteiger charge is -2.13. The predicted molar refractivity (Wildman–Crippen MR) is 122 cm³/mol. The molecule has 186 valence electrons. The third-order valence-electron chi connectivity index (χ3n) is 5.50. The van der Waals surface area contributed by atoms with Crippen molar-refractivity contribution < 1.29 is 30.4 Å². The molecule has 0 saturated carbocycles. The fourth-order valence-electron chi connectivity index (χ4n) is 3.83. The van der Waals surface area contributed by atoms with E-state index in [0.717, 1.165) is 29.5 Å². The smallest absolute Gasteiger partial charge is 0.322 e. The molecule has 4 aromatic rings. The van der Waals surface area contributed by atoms with Crippen molar-refractivity contribution >= 4 is 32.2 Å². The molecule has 1 aromatic carbocycles. The van der Waals surface area contributed by atoms with Crippen LogP contribution in [0.15, 0.2) is 40.0 Å². The molecule has 0 unspecified atom stereocenters. The topological polar surface area (TPSA) is 74.0 Å². The fourth-order valence-corrected chi connectivity index (χ4v) is 6.45. The number of hydrogen-bond donors (Lipinski definition) is 0. The van der Waals surface area contributed by atoms with Crippen LogP contribution in [-0.4, -0.2) is 28.3 Å². The van der Waals surface area contributed by atoms with E-state index in [0.29, 0.717) is 10.6 Å². The number of sulfone groups is 1. The fraction of sp³-hybridized carbons (Fsp3) is 0.273. The average Bonchev–Trinajstić information content (AvgIpc) is 3.34. The van der Waals surface area contributed by atoms with E-state index in [-0.39, 0.29) is 49.4 Å². The molecule has 0 bridgehead atoms. The van der Waals surface area contributed by atoms with Gasteiger partial charge in [-0.25, -0.2) is 22.2 Å². The lowest BCUT2D eigenvalue weighted by molar-refractivity contribution is -0.144. The Morgan fingerprint density at radius 1 is 1.03 bits per heavy atom. The van der Waals surface area contributed by atoms with Crippen molar-refractivity contribution in [3.8, 4) is 21.1 Å². The van der Waals surface area contributed by atoms with E-state index in [9.17, 15) is 35.2 Å². The maximum atomic E-state index is 13.8. The SMILES string of the molecule is CCn1c(C(F)(F)F)cc2nc(-c3sc(-c4cc(F)cc(F)c4)cc3S(=O)(=O)CC)n(C)c2c1=O. The third-order valence-corrected chi connectivity index (χ3v) is 8.57. The van der Waals surface area contributed by atoms with Crippen LogP contribution >= 0.6 is 11.3 Å². The standard InChI is InChI=1S/C22H18F5N3O3S2/c1-4-30-17(22(25,26)27)9-14-18(21(30)31)29(3)20(28-14)19-16(35(32,33)5-2)10-15(34-19)11-6-12(23)8-13(24)7-11/h6-10H,4-5H2,1-3H3. The Hall–Kier alpha value is -3.06. The Balaban J connectivity index is 2.06. The number of aromatic nitrogens is 3. The van der Waals surface area contributed by atoms with Crippen LogP contribution in [0, 0.1) is 11.6 Å². The summed E-state index contributed by atoms with van der Waals surface area (Å²) in [6, 6.07) is 4.73. The van der Waals surface area contributed by atoms with Gasteiger partial charge in [0.05, 0.1) is 21.0 Å². The lowest BCUT2D eigenvalue weighted by atomic mass is 10.2. The zero-order valence-electron chi connectivity index (χ0n) is 18.6. The minimum absolute atomic E-state index is 0.0428. The van der Waals surface area contributed by atoms with Gasteiger partial charge in [-0.2, -0.15) is 13.2 Å². The lowest BCUT2D eigenvalue weighted by Crippen LogP contribution is -2.28. The van der Waals surface area contributed by atoms with Gasteiger partial charge < -0.3 is 9.13 Å². The average molecular weight is 532 g/mol. The number of benzene rings is 1. The molecule has 0 aliphatic rings. The first-order valence-corrected chi connectivity index (χ1v) is 12.8. The summed E-state index contributed by atoms with van der Waals surface area (Å²) in [7, 11) is -2.49. The van der Waals surface area contributed by atoms with Gasteiger partial charge in [-0.3, -0.25) is 4.79 Å². The number of pyridine rings is 1. The largest absolute Gasteiger partial charge is 0.431 e. The molecule has 3 aromatic heterocycles. The first kappa shape index (κ1) is 25.0. The van der Waals surface area contributed by atoms with Crippen molar-refractivity contribution in [2.24, 2.45) is 7.05 Å². The van der Waals surface area contributed by atoms with E-state index in [1.807, 2.05) is 0 Å². The van der Waals surface area contributed by atoms with Crippen molar-refractivity contribution in [1.82, 2.24) is 14.1 Å². The number of fused-ring (bicyclic) bond motifs is 1. The minimum Gasteiger partial charge on any atom is -0.322 e. The minimum atomic E-state index is -4.81. The monoisotopic (exact) mass is 531 g/mol. The number of aryl methyl sites for hydroxylation is 1. The second kappa shape index (κ2) is 8.55. The van der Waals surface area contributed by atoms with Crippen molar-refractivity contribution in [2.45, 2.75) is 31.5 Å². The molecule has 3 heterocycles. The first-order chi connectivity index (χ1) is 16.3. The summed E-state index contributed by atoms with van der Waals surface area (Å²) in [5, 5.41) is 0. The summed E-state index contributed by atoms with van der Waals surface area (Å²) in [4.78, 5) is 17.2. The molecule has 0 spiro atoms. The van der Waals surface area contributed by atoms with Crippen LogP contribution in [0.2, 0.25) is 0 Å². The zero-order valence-corrected chi connectivity index (χ0v) is 20.2. The van der Waals surface area contributed by atoms with Gasteiger partial charge in [0, 0.05) is 24.5 Å². The van der Waals surface area contributed by atoms with Gasteiger partial charge in [-0.15, -0.1) is 11.3 Å². The third kappa shape index (κ3) is 4.27. The van der Waals surface area contributed by atoms with Crippen molar-refractivity contribution in [1.29, 1.82) is 0 Å². The number of alkyl halides is 3. The molecule has 0 N–H and O–H groups in total. The number of halogens is 5. The number of nitrogens with zero attached hydrogens (tertiary/aromatic N) is 3. The first-order valence-electron chi connectivity index (χ1n) is 10.3. The quantitative estimate of drug-likeness (QED) is 0.330. The van der Waals surface area contributed by atoms with Crippen molar-refractivity contribution in [3.63, 3.8) is 0 Å². The Kier molecular flexibility index (Phi) is 6.12. The van der Waals surface area contributed by atoms with Crippen LogP contribution in [-0.2, 0) is 29.6 Å². The van der Waals surface area contributed by atoms with E-state index in [4.69, 9.17) is 0 Å². The Morgan fingerprint density at radius 3 is 2.20 bits per heavy atom. The van der Waals surface area contributed by atoms with Gasteiger partial charge in [0.1, 0.15) is 22.8 Å². The highest BCUT2D eigenvalue weighted by Crippen LogP contribution is 2.42. The molecule has 0 saturated heterocycles. The highest BCUT2D eigenvalue weighted by atomic mass is 32.2. The number of rotatable bonds is 5. The normalized spacial score (nSPS) is 12.6. The second-order valence-electron chi connectivity index (χ2n) is 7.67. The van der Waals surface area contributed by atoms with E-state index < -0.39 is 38.9 Å². The van der Waals surface area contributed by atoms with E-state index in [1.54, 1.807) is 0 Å². The van der Waals surface area contributed by atoms with E-state index in [1.165, 1.54) is 31.5 Å². The molecule has 0 aliphatic carbocycles. The van der Waals surface area contributed by atoms with Crippen molar-refractivity contribution in [2.75, 3.05) is 5.75 Å². The predicted octanol–water partition coefficient (Wildman–Crippen LogP) is 5.24. The number of imidazole rings is 1. The molecular weight excluding hydrogens is 513 g/mol. The molecule has 6 nitrogen and oxygen atoms in total. The van der Waals surface area contributed by atoms with Crippen LogP contribution in [0.1, 0.15) is 19.5 Å².